The lowest BCUT2D eigenvalue weighted by molar-refractivity contribution is -0.130. The smallest absolute Gasteiger partial charge is 0.338 e. The van der Waals surface area contributed by atoms with Crippen molar-refractivity contribution in [2.45, 2.75) is 25.2 Å². The summed E-state index contributed by atoms with van der Waals surface area (Å²) in [4.78, 5) is 26.9. The van der Waals surface area contributed by atoms with Crippen LogP contribution in [0.2, 0.25) is 0 Å². The first-order valence-electron chi connectivity index (χ1n) is 7.59. The fraction of sp³-hybridized carbons (Fsp3) is 0.529. The van der Waals surface area contributed by atoms with Crippen LogP contribution in [-0.2, 0) is 9.53 Å². The highest BCUT2D eigenvalue weighted by Gasteiger charge is 2.25. The van der Waals surface area contributed by atoms with Gasteiger partial charge in [0.1, 0.15) is 0 Å². The van der Waals surface area contributed by atoms with Gasteiger partial charge in [0.15, 0.2) is 0 Å². The van der Waals surface area contributed by atoms with Crippen LogP contribution < -0.4 is 0 Å². The molecule has 1 fully saturated rings. The van der Waals surface area contributed by atoms with Gasteiger partial charge in [0, 0.05) is 18.0 Å². The lowest BCUT2D eigenvalue weighted by atomic mass is 9.92. The van der Waals surface area contributed by atoms with Gasteiger partial charge < -0.3 is 9.64 Å². The zero-order chi connectivity index (χ0) is 16.1. The molecule has 0 N–H and O–H groups in total. The van der Waals surface area contributed by atoms with Gasteiger partial charge in [-0.1, -0.05) is 26.0 Å². The third kappa shape index (κ3) is 4.26. The summed E-state index contributed by atoms with van der Waals surface area (Å²) in [5.41, 5.74) is 0.517. The predicted octanol–water partition coefficient (Wildman–Crippen LogP) is 3.07. The average Bonchev–Trinajstić information content (AvgIpc) is 2.51. The molecule has 120 valence electrons. The fourth-order valence-corrected chi connectivity index (χ4v) is 3.91. The molecule has 5 heteroatoms. The number of carbonyl (C=O) groups is 2. The van der Waals surface area contributed by atoms with Gasteiger partial charge in [-0.05, 0) is 30.4 Å². The van der Waals surface area contributed by atoms with Gasteiger partial charge in [0.2, 0.25) is 5.91 Å². The summed E-state index contributed by atoms with van der Waals surface area (Å²) in [6.07, 6.45) is 1.18. The van der Waals surface area contributed by atoms with E-state index in [9.17, 15) is 9.59 Å². The molecule has 1 aliphatic rings. The van der Waals surface area contributed by atoms with Gasteiger partial charge in [-0.25, -0.2) is 4.79 Å². The lowest BCUT2D eigenvalue weighted by Crippen LogP contribution is -2.43. The zero-order valence-corrected chi connectivity index (χ0v) is 14.2. The Kier molecular flexibility index (Phi) is 5.89. The number of rotatable bonds is 4. The first-order chi connectivity index (χ1) is 10.5. The minimum atomic E-state index is -0.365. The van der Waals surface area contributed by atoms with E-state index in [1.165, 1.54) is 25.3 Å². The van der Waals surface area contributed by atoms with Crippen molar-refractivity contribution in [2.24, 2.45) is 11.8 Å². The summed E-state index contributed by atoms with van der Waals surface area (Å²) in [7, 11) is 1.37. The first-order valence-corrected chi connectivity index (χ1v) is 8.57. The van der Waals surface area contributed by atoms with E-state index in [-0.39, 0.29) is 11.9 Å². The molecule has 0 saturated carbocycles. The van der Waals surface area contributed by atoms with Crippen molar-refractivity contribution in [3.05, 3.63) is 29.8 Å². The Morgan fingerprint density at radius 3 is 2.50 bits per heavy atom. The third-order valence-corrected chi connectivity index (χ3v) is 4.92. The molecule has 4 nitrogen and oxygen atoms in total. The molecule has 0 aliphatic carbocycles. The van der Waals surface area contributed by atoms with Gasteiger partial charge in [-0.3, -0.25) is 4.79 Å². The molecular weight excluding hydrogens is 298 g/mol. The Morgan fingerprint density at radius 1 is 1.23 bits per heavy atom. The molecule has 2 atom stereocenters. The van der Waals surface area contributed by atoms with Gasteiger partial charge in [-0.2, -0.15) is 0 Å². The van der Waals surface area contributed by atoms with Crippen molar-refractivity contribution in [1.82, 2.24) is 4.90 Å². The fourth-order valence-electron chi connectivity index (χ4n) is 2.97. The minimum Gasteiger partial charge on any atom is -0.465 e. The number of hydrogen-bond acceptors (Lipinski definition) is 4. The SMILES string of the molecule is COC(=O)c1ccccc1SCC(=O)N1CC(C)CC(C)C1. The second-order valence-electron chi connectivity index (χ2n) is 6.02. The maximum atomic E-state index is 12.4. The summed E-state index contributed by atoms with van der Waals surface area (Å²) in [6, 6.07) is 7.24. The monoisotopic (exact) mass is 321 g/mol. The lowest BCUT2D eigenvalue weighted by Gasteiger charge is -2.35. The molecule has 0 aromatic heterocycles. The highest BCUT2D eigenvalue weighted by atomic mass is 32.2. The molecule has 2 rings (SSSR count). The molecule has 0 radical (unpaired) electrons. The number of ether oxygens (including phenoxy) is 1. The van der Waals surface area contributed by atoms with Crippen LogP contribution in [0.1, 0.15) is 30.6 Å². The van der Waals surface area contributed by atoms with E-state index >= 15 is 0 Å². The van der Waals surface area contributed by atoms with E-state index in [2.05, 4.69) is 13.8 Å². The van der Waals surface area contributed by atoms with Crippen LogP contribution in [0.25, 0.3) is 0 Å². The number of amides is 1. The standard InChI is InChI=1S/C17H23NO3S/c1-12-8-13(2)10-18(9-12)16(19)11-22-15-7-5-4-6-14(15)17(20)21-3/h4-7,12-13H,8-11H2,1-3H3. The van der Waals surface area contributed by atoms with Crippen LogP contribution in [0, 0.1) is 11.8 Å². The third-order valence-electron chi connectivity index (χ3n) is 3.87. The largest absolute Gasteiger partial charge is 0.465 e. The van der Waals surface area contributed by atoms with Crippen molar-refractivity contribution < 1.29 is 14.3 Å². The van der Waals surface area contributed by atoms with Crippen molar-refractivity contribution >= 4 is 23.6 Å². The highest BCUT2D eigenvalue weighted by Crippen LogP contribution is 2.26. The van der Waals surface area contributed by atoms with Gasteiger partial charge in [-0.15, -0.1) is 11.8 Å². The maximum Gasteiger partial charge on any atom is 0.338 e. The van der Waals surface area contributed by atoms with E-state index in [0.29, 0.717) is 23.2 Å². The average molecular weight is 321 g/mol. The topological polar surface area (TPSA) is 46.6 Å². The molecular formula is C17H23NO3S. The normalized spacial score (nSPS) is 21.5. The quantitative estimate of drug-likeness (QED) is 0.631. The Balaban J connectivity index is 1.98. The van der Waals surface area contributed by atoms with Crippen LogP contribution in [-0.4, -0.2) is 42.7 Å². The summed E-state index contributed by atoms with van der Waals surface area (Å²) in [6.45, 7) is 6.05. The Hall–Kier alpha value is -1.49. The summed E-state index contributed by atoms with van der Waals surface area (Å²) in [5.74, 6) is 1.24. The van der Waals surface area contributed by atoms with Crippen LogP contribution in [0.5, 0.6) is 0 Å². The Labute approximate surface area is 136 Å². The number of hydrogen-bond donors (Lipinski definition) is 0. The molecule has 1 aliphatic heterocycles. The minimum absolute atomic E-state index is 0.142. The van der Waals surface area contributed by atoms with E-state index in [1.807, 2.05) is 17.0 Å². The van der Waals surface area contributed by atoms with Crippen molar-refractivity contribution in [1.29, 1.82) is 0 Å². The number of nitrogens with zero attached hydrogens (tertiary/aromatic N) is 1. The van der Waals surface area contributed by atoms with Gasteiger partial charge in [0.05, 0.1) is 18.4 Å². The second-order valence-corrected chi connectivity index (χ2v) is 7.04. The van der Waals surface area contributed by atoms with Crippen LogP contribution in [0.4, 0.5) is 0 Å². The Morgan fingerprint density at radius 2 is 1.86 bits per heavy atom. The van der Waals surface area contributed by atoms with Crippen LogP contribution in [0.3, 0.4) is 0 Å². The van der Waals surface area contributed by atoms with Crippen LogP contribution in [0.15, 0.2) is 29.2 Å². The van der Waals surface area contributed by atoms with E-state index in [0.717, 1.165) is 18.0 Å². The molecule has 1 saturated heterocycles. The van der Waals surface area contributed by atoms with Crippen molar-refractivity contribution in [3.8, 4) is 0 Å². The second kappa shape index (κ2) is 7.68. The number of likely N-dealkylation sites (tertiary alicyclic amines) is 1. The predicted molar refractivity (Wildman–Crippen MR) is 88.0 cm³/mol. The van der Waals surface area contributed by atoms with E-state index in [1.54, 1.807) is 12.1 Å². The Bertz CT molecular complexity index is 536. The number of esters is 1. The van der Waals surface area contributed by atoms with Crippen molar-refractivity contribution in [2.75, 3.05) is 26.0 Å². The molecule has 2 unspecified atom stereocenters. The van der Waals surface area contributed by atoms with Gasteiger partial charge >= 0.3 is 5.97 Å². The zero-order valence-electron chi connectivity index (χ0n) is 13.4. The van der Waals surface area contributed by atoms with E-state index in [4.69, 9.17) is 4.74 Å². The first kappa shape index (κ1) is 16.9. The summed E-state index contributed by atoms with van der Waals surface area (Å²) < 4.78 is 4.78. The van der Waals surface area contributed by atoms with E-state index < -0.39 is 0 Å². The number of benzene rings is 1. The molecule has 1 aromatic rings. The molecule has 0 bridgehead atoms. The molecule has 22 heavy (non-hydrogen) atoms. The molecule has 1 heterocycles. The summed E-state index contributed by atoms with van der Waals surface area (Å²) >= 11 is 1.40. The maximum absolute atomic E-state index is 12.4. The highest BCUT2D eigenvalue weighted by molar-refractivity contribution is 8.00. The number of piperidine rings is 1. The molecule has 1 amide bonds. The number of methoxy groups -OCH3 is 1. The van der Waals surface area contributed by atoms with Crippen LogP contribution >= 0.6 is 11.8 Å². The number of carbonyl (C=O) groups excluding carboxylic acids is 2. The number of thioether (sulfide) groups is 1. The summed E-state index contributed by atoms with van der Waals surface area (Å²) in [5, 5.41) is 0. The van der Waals surface area contributed by atoms with Gasteiger partial charge in [0.25, 0.3) is 0 Å². The molecule has 0 spiro atoms. The molecule has 1 aromatic carbocycles. The van der Waals surface area contributed by atoms with Crippen molar-refractivity contribution in [3.63, 3.8) is 0 Å².